The molecule has 1 aliphatic heterocycles. The van der Waals surface area contributed by atoms with E-state index < -0.39 is 17.7 Å². The fourth-order valence-corrected chi connectivity index (χ4v) is 3.14. The van der Waals surface area contributed by atoms with Crippen LogP contribution < -0.4 is 11.1 Å². The number of nitrogens with two attached hydrogens (primary N) is 1. The van der Waals surface area contributed by atoms with E-state index >= 15 is 0 Å². The molecule has 0 bridgehead atoms. The number of hydrazone groups is 1. The lowest BCUT2D eigenvalue weighted by molar-refractivity contribution is -0.132. The average Bonchev–Trinajstić information content (AvgIpc) is 2.74. The lowest BCUT2D eigenvalue weighted by atomic mass is 9.98. The van der Waals surface area contributed by atoms with Gasteiger partial charge >= 0.3 is 0 Å². The molecule has 0 radical (unpaired) electrons. The van der Waals surface area contributed by atoms with Gasteiger partial charge in [0.2, 0.25) is 11.8 Å². The molecule has 2 aromatic carbocycles. The first-order valence-corrected chi connectivity index (χ1v) is 9.66. The Morgan fingerprint density at radius 1 is 1.07 bits per heavy atom. The summed E-state index contributed by atoms with van der Waals surface area (Å²) in [6, 6.07) is 15.1. The van der Waals surface area contributed by atoms with Crippen molar-refractivity contribution < 1.29 is 18.8 Å². The molecular formula is C22H23FN4O3. The number of amides is 3. The molecule has 3 N–H and O–H groups in total. The molecule has 0 spiro atoms. The second-order valence-corrected chi connectivity index (χ2v) is 7.12. The van der Waals surface area contributed by atoms with Crippen LogP contribution in [0, 0.1) is 11.7 Å². The first kappa shape index (κ1) is 21.2. The second kappa shape index (κ2) is 9.78. The molecule has 3 rings (SSSR count). The lowest BCUT2D eigenvalue weighted by Crippen LogP contribution is -2.42. The SMILES string of the molecule is NC(=O)C(CNC(=O)C1=NN(Cc2ccccc2)C(=O)CC1)Cc1ccc(F)cc1. The number of hydrogen-bond acceptors (Lipinski definition) is 4. The quantitative estimate of drug-likeness (QED) is 0.693. The summed E-state index contributed by atoms with van der Waals surface area (Å²) < 4.78 is 13.0. The van der Waals surface area contributed by atoms with Gasteiger partial charge in [0.05, 0.1) is 12.5 Å². The molecule has 7 nitrogen and oxygen atoms in total. The van der Waals surface area contributed by atoms with Crippen molar-refractivity contribution in [1.82, 2.24) is 10.3 Å². The van der Waals surface area contributed by atoms with Gasteiger partial charge < -0.3 is 11.1 Å². The molecule has 3 amide bonds. The van der Waals surface area contributed by atoms with Crippen LogP contribution in [0.1, 0.15) is 24.0 Å². The van der Waals surface area contributed by atoms with Crippen molar-refractivity contribution in [3.8, 4) is 0 Å². The molecule has 2 aromatic rings. The fourth-order valence-electron chi connectivity index (χ4n) is 3.14. The largest absolute Gasteiger partial charge is 0.369 e. The third-order valence-corrected chi connectivity index (χ3v) is 4.85. The summed E-state index contributed by atoms with van der Waals surface area (Å²) in [5.41, 5.74) is 7.34. The van der Waals surface area contributed by atoms with Crippen LogP contribution >= 0.6 is 0 Å². The average molecular weight is 410 g/mol. The lowest BCUT2D eigenvalue weighted by Gasteiger charge is -2.23. The molecule has 0 aliphatic carbocycles. The van der Waals surface area contributed by atoms with E-state index in [4.69, 9.17) is 5.73 Å². The molecule has 0 saturated heterocycles. The third kappa shape index (κ3) is 5.73. The number of nitrogens with one attached hydrogen (secondary N) is 1. The van der Waals surface area contributed by atoms with Gasteiger partial charge in [-0.05, 0) is 29.7 Å². The Bertz CT molecular complexity index is 945. The molecular weight excluding hydrogens is 387 g/mol. The van der Waals surface area contributed by atoms with Gasteiger partial charge in [-0.2, -0.15) is 5.10 Å². The molecule has 0 saturated carbocycles. The Morgan fingerprint density at radius 2 is 1.77 bits per heavy atom. The summed E-state index contributed by atoms with van der Waals surface area (Å²) in [5.74, 6) is -2.17. The van der Waals surface area contributed by atoms with Crippen LogP contribution in [0.15, 0.2) is 59.7 Å². The summed E-state index contributed by atoms with van der Waals surface area (Å²) in [6.07, 6.45) is 0.698. The molecule has 8 heteroatoms. The smallest absolute Gasteiger partial charge is 0.267 e. The van der Waals surface area contributed by atoms with Crippen molar-refractivity contribution in [2.75, 3.05) is 6.54 Å². The minimum absolute atomic E-state index is 0.0250. The maximum atomic E-state index is 13.0. The molecule has 1 atom stereocenters. The van der Waals surface area contributed by atoms with Gasteiger partial charge in [-0.3, -0.25) is 14.4 Å². The molecule has 1 aliphatic rings. The van der Waals surface area contributed by atoms with Crippen molar-refractivity contribution in [1.29, 1.82) is 0 Å². The number of benzene rings is 2. The minimum atomic E-state index is -0.648. The standard InChI is InChI=1S/C22H23FN4O3/c23-18-8-6-15(7-9-18)12-17(21(24)29)13-25-22(30)19-10-11-20(28)27(26-19)14-16-4-2-1-3-5-16/h1-9,17H,10-14H2,(H2,24,29)(H,25,30). The summed E-state index contributed by atoms with van der Waals surface area (Å²) in [6.45, 7) is 0.308. The minimum Gasteiger partial charge on any atom is -0.369 e. The highest BCUT2D eigenvalue weighted by atomic mass is 19.1. The number of rotatable bonds is 8. The van der Waals surface area contributed by atoms with E-state index in [9.17, 15) is 18.8 Å². The van der Waals surface area contributed by atoms with Crippen LogP contribution in [0.5, 0.6) is 0 Å². The Kier molecular flexibility index (Phi) is 6.90. The maximum absolute atomic E-state index is 13.0. The van der Waals surface area contributed by atoms with E-state index in [1.54, 1.807) is 12.1 Å². The second-order valence-electron chi connectivity index (χ2n) is 7.12. The Balaban J connectivity index is 1.61. The van der Waals surface area contributed by atoms with E-state index in [0.717, 1.165) is 11.1 Å². The van der Waals surface area contributed by atoms with Gasteiger partial charge in [0, 0.05) is 19.4 Å². The van der Waals surface area contributed by atoms with E-state index in [0.29, 0.717) is 0 Å². The van der Waals surface area contributed by atoms with Crippen molar-refractivity contribution in [2.45, 2.75) is 25.8 Å². The molecule has 1 unspecified atom stereocenters. The number of carbonyl (C=O) groups excluding carboxylic acids is 3. The number of nitrogens with zero attached hydrogens (tertiary/aromatic N) is 2. The van der Waals surface area contributed by atoms with Crippen molar-refractivity contribution in [2.24, 2.45) is 16.8 Å². The molecule has 156 valence electrons. The van der Waals surface area contributed by atoms with Crippen LogP contribution in [0.3, 0.4) is 0 Å². The van der Waals surface area contributed by atoms with E-state index in [1.165, 1.54) is 17.1 Å². The Morgan fingerprint density at radius 3 is 2.43 bits per heavy atom. The predicted molar refractivity (Wildman–Crippen MR) is 109 cm³/mol. The van der Waals surface area contributed by atoms with Crippen LogP contribution in [0.25, 0.3) is 0 Å². The van der Waals surface area contributed by atoms with Crippen LogP contribution in [-0.4, -0.2) is 35.0 Å². The van der Waals surface area contributed by atoms with Gasteiger partial charge in [-0.25, -0.2) is 9.40 Å². The van der Waals surface area contributed by atoms with Gasteiger partial charge in [0.25, 0.3) is 5.91 Å². The van der Waals surface area contributed by atoms with Crippen molar-refractivity contribution >= 4 is 23.4 Å². The zero-order valence-electron chi connectivity index (χ0n) is 16.4. The van der Waals surface area contributed by atoms with Crippen LogP contribution in [0.4, 0.5) is 4.39 Å². The predicted octanol–water partition coefficient (Wildman–Crippen LogP) is 1.76. The van der Waals surface area contributed by atoms with Crippen molar-refractivity contribution in [3.05, 3.63) is 71.5 Å². The van der Waals surface area contributed by atoms with E-state index in [2.05, 4.69) is 10.4 Å². The molecule has 0 fully saturated rings. The normalized spacial score (nSPS) is 14.8. The highest BCUT2D eigenvalue weighted by Gasteiger charge is 2.25. The van der Waals surface area contributed by atoms with Gasteiger partial charge in [-0.15, -0.1) is 0 Å². The Labute approximate surface area is 173 Å². The van der Waals surface area contributed by atoms with E-state index in [1.807, 2.05) is 30.3 Å². The zero-order chi connectivity index (χ0) is 21.5. The Hall–Kier alpha value is -3.55. The zero-order valence-corrected chi connectivity index (χ0v) is 16.4. The summed E-state index contributed by atoms with van der Waals surface area (Å²) in [5, 5.41) is 8.18. The van der Waals surface area contributed by atoms with Gasteiger partial charge in [0.15, 0.2) is 0 Å². The topological polar surface area (TPSA) is 105 Å². The fraction of sp³-hybridized carbons (Fsp3) is 0.273. The highest BCUT2D eigenvalue weighted by molar-refractivity contribution is 6.39. The maximum Gasteiger partial charge on any atom is 0.267 e. The molecule has 1 heterocycles. The van der Waals surface area contributed by atoms with Gasteiger partial charge in [-0.1, -0.05) is 42.5 Å². The van der Waals surface area contributed by atoms with Crippen LogP contribution in [0.2, 0.25) is 0 Å². The first-order chi connectivity index (χ1) is 14.4. The molecule has 30 heavy (non-hydrogen) atoms. The summed E-state index contributed by atoms with van der Waals surface area (Å²) >= 11 is 0. The number of halogens is 1. The summed E-state index contributed by atoms with van der Waals surface area (Å²) in [4.78, 5) is 36.5. The van der Waals surface area contributed by atoms with Gasteiger partial charge in [0.1, 0.15) is 11.5 Å². The third-order valence-electron chi connectivity index (χ3n) is 4.85. The van der Waals surface area contributed by atoms with Crippen molar-refractivity contribution in [3.63, 3.8) is 0 Å². The molecule has 0 aromatic heterocycles. The summed E-state index contributed by atoms with van der Waals surface area (Å²) in [7, 11) is 0. The number of carbonyl (C=O) groups is 3. The monoisotopic (exact) mass is 410 g/mol. The first-order valence-electron chi connectivity index (χ1n) is 9.66. The van der Waals surface area contributed by atoms with Crippen LogP contribution in [-0.2, 0) is 27.3 Å². The highest BCUT2D eigenvalue weighted by Crippen LogP contribution is 2.14. The number of primary amides is 1. The number of hydrogen-bond donors (Lipinski definition) is 2. The van der Waals surface area contributed by atoms with E-state index in [-0.39, 0.29) is 49.8 Å².